The van der Waals surface area contributed by atoms with Crippen molar-refractivity contribution in [3.8, 4) is 0 Å². The van der Waals surface area contributed by atoms with Gasteiger partial charge in [-0.15, -0.1) is 0 Å². The minimum absolute atomic E-state index is 0.116. The Balaban J connectivity index is 3.59. The van der Waals surface area contributed by atoms with Gasteiger partial charge in [-0.25, -0.2) is 0 Å². The van der Waals surface area contributed by atoms with Gasteiger partial charge in [0.25, 0.3) is 0 Å². The molecule has 0 aliphatic carbocycles. The van der Waals surface area contributed by atoms with Gasteiger partial charge in [0, 0.05) is 18.3 Å². The minimum Gasteiger partial charge on any atom is -0.379 e. The number of alkyl halides is 1. The van der Waals surface area contributed by atoms with E-state index in [4.69, 9.17) is 4.74 Å². The second-order valence-electron chi connectivity index (χ2n) is 5.12. The van der Waals surface area contributed by atoms with Crippen molar-refractivity contribution < 1.29 is 9.53 Å². The Morgan fingerprint density at radius 2 is 2.00 bits per heavy atom. The highest BCUT2D eigenvalue weighted by Gasteiger charge is 2.22. The quantitative estimate of drug-likeness (QED) is 0.579. The average Bonchev–Trinajstić information content (AvgIpc) is 2.16. The first-order valence-corrected chi connectivity index (χ1v) is 6.90. The van der Waals surface area contributed by atoms with Crippen LogP contribution in [0.15, 0.2) is 0 Å². The third-order valence-electron chi connectivity index (χ3n) is 2.76. The Hall–Kier alpha value is -0.0900. The van der Waals surface area contributed by atoms with Crippen LogP contribution in [0.25, 0.3) is 0 Å². The van der Waals surface area contributed by atoms with E-state index in [1.165, 1.54) is 0 Å². The molecule has 0 radical (unpaired) electrons. The second-order valence-corrected chi connectivity index (χ2v) is 5.92. The van der Waals surface area contributed by atoms with Gasteiger partial charge in [-0.1, -0.05) is 43.6 Å². The number of carbonyl (C=O) groups excluding carboxylic acids is 1. The summed E-state index contributed by atoms with van der Waals surface area (Å²) in [6.07, 6.45) is 0.585. The first-order chi connectivity index (χ1) is 7.38. The van der Waals surface area contributed by atoms with Crippen molar-refractivity contribution in [3.05, 3.63) is 0 Å². The lowest BCUT2D eigenvalue weighted by atomic mass is 9.80. The van der Waals surface area contributed by atoms with Crippen molar-refractivity contribution in [2.75, 3.05) is 25.1 Å². The van der Waals surface area contributed by atoms with Crippen LogP contribution in [0.5, 0.6) is 0 Å². The number of halogens is 1. The van der Waals surface area contributed by atoms with Crippen molar-refractivity contribution in [1.82, 2.24) is 5.32 Å². The topological polar surface area (TPSA) is 38.3 Å². The molecule has 0 bridgehead atoms. The van der Waals surface area contributed by atoms with E-state index in [0.717, 1.165) is 5.33 Å². The highest BCUT2D eigenvalue weighted by molar-refractivity contribution is 9.09. The summed E-state index contributed by atoms with van der Waals surface area (Å²) in [5.41, 5.74) is 0.184. The molecule has 1 atom stereocenters. The monoisotopic (exact) mass is 293 g/mol. The molecule has 0 aliphatic heterocycles. The average molecular weight is 294 g/mol. The highest BCUT2D eigenvalue weighted by Crippen LogP contribution is 2.27. The van der Waals surface area contributed by atoms with Gasteiger partial charge in [-0.3, -0.25) is 4.79 Å². The van der Waals surface area contributed by atoms with Crippen molar-refractivity contribution in [2.24, 2.45) is 11.3 Å². The molecule has 1 amide bonds. The van der Waals surface area contributed by atoms with Crippen LogP contribution in [0, 0.1) is 11.3 Å². The van der Waals surface area contributed by atoms with Crippen LogP contribution in [-0.4, -0.2) is 31.0 Å². The normalized spacial score (nSPS) is 13.6. The van der Waals surface area contributed by atoms with Crippen LogP contribution < -0.4 is 5.32 Å². The van der Waals surface area contributed by atoms with Gasteiger partial charge in [-0.2, -0.15) is 0 Å². The van der Waals surface area contributed by atoms with Crippen molar-refractivity contribution in [2.45, 2.75) is 34.1 Å². The van der Waals surface area contributed by atoms with Crippen LogP contribution in [0.4, 0.5) is 0 Å². The number of amides is 1. The molecular formula is C12H24BrNO2. The molecule has 0 spiro atoms. The highest BCUT2D eigenvalue weighted by atomic mass is 79.9. The lowest BCUT2D eigenvalue weighted by Crippen LogP contribution is -2.31. The van der Waals surface area contributed by atoms with Gasteiger partial charge in [0.15, 0.2) is 0 Å². The van der Waals surface area contributed by atoms with Crippen LogP contribution in [0.3, 0.4) is 0 Å². The van der Waals surface area contributed by atoms with E-state index >= 15 is 0 Å². The molecule has 4 heteroatoms. The van der Waals surface area contributed by atoms with Gasteiger partial charge in [0.1, 0.15) is 0 Å². The van der Waals surface area contributed by atoms with E-state index in [0.29, 0.717) is 32.1 Å². The molecule has 1 unspecified atom stereocenters. The lowest BCUT2D eigenvalue weighted by molar-refractivity contribution is -0.122. The molecule has 0 aromatic rings. The summed E-state index contributed by atoms with van der Waals surface area (Å²) in [5, 5.41) is 3.70. The summed E-state index contributed by atoms with van der Waals surface area (Å²) in [5.74, 6) is 0.501. The fourth-order valence-electron chi connectivity index (χ4n) is 1.08. The number of ether oxygens (including phenoxy) is 1. The molecule has 0 saturated carbocycles. The van der Waals surface area contributed by atoms with Gasteiger partial charge in [-0.05, 0) is 11.3 Å². The maximum atomic E-state index is 11.6. The van der Waals surface area contributed by atoms with Crippen LogP contribution in [-0.2, 0) is 9.53 Å². The summed E-state index contributed by atoms with van der Waals surface area (Å²) in [6.45, 7) is 10.5. The van der Waals surface area contributed by atoms with Crippen molar-refractivity contribution in [3.63, 3.8) is 0 Å². The number of hydrogen-bond donors (Lipinski definition) is 1. The summed E-state index contributed by atoms with van der Waals surface area (Å²) in [7, 11) is 0. The van der Waals surface area contributed by atoms with E-state index in [1.807, 2.05) is 0 Å². The zero-order valence-electron chi connectivity index (χ0n) is 10.8. The molecule has 0 fully saturated rings. The predicted molar refractivity (Wildman–Crippen MR) is 70.9 cm³/mol. The van der Waals surface area contributed by atoms with Crippen molar-refractivity contribution in [1.29, 1.82) is 0 Å². The van der Waals surface area contributed by atoms with Crippen LogP contribution >= 0.6 is 15.9 Å². The summed E-state index contributed by atoms with van der Waals surface area (Å²) in [6, 6.07) is 0. The fraction of sp³-hybridized carbons (Fsp3) is 0.917. The molecule has 0 heterocycles. The Bertz CT molecular complexity index is 202. The Morgan fingerprint density at radius 3 is 2.50 bits per heavy atom. The van der Waals surface area contributed by atoms with Gasteiger partial charge in [0.05, 0.1) is 13.2 Å². The van der Waals surface area contributed by atoms with Gasteiger partial charge >= 0.3 is 0 Å². The van der Waals surface area contributed by atoms with Gasteiger partial charge in [0.2, 0.25) is 5.91 Å². The minimum atomic E-state index is 0.116. The number of carbonyl (C=O) groups is 1. The Kier molecular flexibility index (Phi) is 8.02. The maximum Gasteiger partial charge on any atom is 0.220 e. The molecular weight excluding hydrogens is 270 g/mol. The number of nitrogens with one attached hydrogen (secondary N) is 1. The standard InChI is InChI=1S/C12H24BrNO2/c1-10(12(2,3)4)9-11(15)14-6-8-16-7-5-13/h10H,5-9H2,1-4H3,(H,14,15). The first-order valence-electron chi connectivity index (χ1n) is 5.78. The summed E-state index contributed by atoms with van der Waals surface area (Å²) in [4.78, 5) is 11.6. The number of hydrogen-bond acceptors (Lipinski definition) is 2. The van der Waals surface area contributed by atoms with E-state index < -0.39 is 0 Å². The van der Waals surface area contributed by atoms with E-state index in [2.05, 4.69) is 48.9 Å². The first kappa shape index (κ1) is 15.9. The molecule has 0 aromatic carbocycles. The second kappa shape index (κ2) is 8.07. The molecule has 0 aliphatic rings. The SMILES string of the molecule is CC(CC(=O)NCCOCCBr)C(C)(C)C. The van der Waals surface area contributed by atoms with Crippen LogP contribution in [0.1, 0.15) is 34.1 Å². The zero-order valence-corrected chi connectivity index (χ0v) is 12.4. The molecule has 0 rings (SSSR count). The largest absolute Gasteiger partial charge is 0.379 e. The third kappa shape index (κ3) is 8.11. The summed E-state index contributed by atoms with van der Waals surface area (Å²) < 4.78 is 5.24. The molecule has 96 valence electrons. The molecule has 16 heavy (non-hydrogen) atoms. The van der Waals surface area contributed by atoms with Crippen LogP contribution in [0.2, 0.25) is 0 Å². The fourth-order valence-corrected chi connectivity index (χ4v) is 1.30. The molecule has 0 saturated heterocycles. The molecule has 3 nitrogen and oxygen atoms in total. The van der Waals surface area contributed by atoms with E-state index in [9.17, 15) is 4.79 Å². The van der Waals surface area contributed by atoms with Crippen molar-refractivity contribution >= 4 is 21.8 Å². The van der Waals surface area contributed by atoms with Gasteiger partial charge < -0.3 is 10.1 Å². The molecule has 0 aromatic heterocycles. The zero-order chi connectivity index (χ0) is 12.6. The Labute approximate surface area is 107 Å². The third-order valence-corrected chi connectivity index (χ3v) is 3.08. The summed E-state index contributed by atoms with van der Waals surface area (Å²) >= 11 is 3.27. The van der Waals surface area contributed by atoms with E-state index in [1.54, 1.807) is 0 Å². The number of rotatable bonds is 7. The Morgan fingerprint density at radius 1 is 1.38 bits per heavy atom. The molecule has 1 N–H and O–H groups in total. The lowest BCUT2D eigenvalue weighted by Gasteiger charge is -2.26. The predicted octanol–water partition coefficient (Wildman–Crippen LogP) is 2.59. The van der Waals surface area contributed by atoms with E-state index in [-0.39, 0.29) is 11.3 Å². The maximum absolute atomic E-state index is 11.6. The smallest absolute Gasteiger partial charge is 0.220 e.